The summed E-state index contributed by atoms with van der Waals surface area (Å²) in [6, 6.07) is 0. The topological polar surface area (TPSA) is 75.6 Å². The van der Waals surface area contributed by atoms with Gasteiger partial charge in [-0.25, -0.2) is 9.59 Å². The minimum absolute atomic E-state index is 0.0248. The Morgan fingerprint density at radius 2 is 2.09 bits per heavy atom. The predicted octanol–water partition coefficient (Wildman–Crippen LogP) is 2.94. The number of amides is 1. The number of hydrogen-bond acceptors (Lipinski definition) is 3. The number of unbranched alkanes of at least 4 members (excludes halogenated alkanes) is 1. The molecule has 5 heteroatoms. The molecule has 122 valence electrons. The zero-order valence-electron chi connectivity index (χ0n) is 13.1. The second-order valence-electron chi connectivity index (χ2n) is 6.65. The first-order valence-corrected chi connectivity index (χ1v) is 8.13. The second-order valence-corrected chi connectivity index (χ2v) is 6.65. The van der Waals surface area contributed by atoms with Crippen molar-refractivity contribution in [2.75, 3.05) is 0 Å². The zero-order valence-corrected chi connectivity index (χ0v) is 13.1. The van der Waals surface area contributed by atoms with Crippen LogP contribution < -0.4 is 5.32 Å². The molecule has 22 heavy (non-hydrogen) atoms. The second kappa shape index (κ2) is 7.04. The van der Waals surface area contributed by atoms with E-state index in [1.54, 1.807) is 6.92 Å². The molecule has 5 nitrogen and oxygen atoms in total. The Bertz CT molecular complexity index is 464. The fraction of sp³-hybridized carbons (Fsp3) is 0.765. The number of ether oxygens (including phenoxy) is 1. The Morgan fingerprint density at radius 3 is 2.68 bits per heavy atom. The summed E-state index contributed by atoms with van der Waals surface area (Å²) in [5.41, 5.74) is -1.23. The molecule has 0 radical (unpaired) electrons. The quantitative estimate of drug-likeness (QED) is 0.560. The molecule has 1 amide bonds. The van der Waals surface area contributed by atoms with Crippen molar-refractivity contribution in [2.45, 2.75) is 69.9 Å². The number of carboxylic acid groups (broad SMARTS) is 1. The third-order valence-corrected chi connectivity index (χ3v) is 4.99. The van der Waals surface area contributed by atoms with Crippen molar-refractivity contribution in [1.82, 2.24) is 5.32 Å². The van der Waals surface area contributed by atoms with Gasteiger partial charge in [-0.3, -0.25) is 0 Å². The SMILES string of the molecule is C#CCCC[C@@H]1C[C@H]1OC(=O)N[C@](C)(C(=O)O)C1CCCC1. The first-order chi connectivity index (χ1) is 10.5. The molecule has 2 aliphatic carbocycles. The Kier molecular flexibility index (Phi) is 5.33. The molecule has 0 aromatic heterocycles. The maximum Gasteiger partial charge on any atom is 0.408 e. The number of aliphatic carboxylic acids is 1. The van der Waals surface area contributed by atoms with Gasteiger partial charge in [0.05, 0.1) is 0 Å². The molecule has 0 saturated heterocycles. The Balaban J connectivity index is 1.80. The van der Waals surface area contributed by atoms with E-state index >= 15 is 0 Å². The van der Waals surface area contributed by atoms with E-state index in [0.29, 0.717) is 5.92 Å². The maximum absolute atomic E-state index is 12.0. The molecule has 0 aromatic rings. The smallest absolute Gasteiger partial charge is 0.408 e. The number of carboxylic acids is 1. The highest BCUT2D eigenvalue weighted by atomic mass is 16.6. The van der Waals surface area contributed by atoms with Crippen molar-refractivity contribution < 1.29 is 19.4 Å². The molecule has 0 spiro atoms. The van der Waals surface area contributed by atoms with Gasteiger partial charge in [-0.1, -0.05) is 12.8 Å². The number of carbonyl (C=O) groups is 2. The lowest BCUT2D eigenvalue weighted by molar-refractivity contribution is -0.146. The zero-order chi connectivity index (χ0) is 16.2. The highest BCUT2D eigenvalue weighted by molar-refractivity contribution is 5.84. The average Bonchev–Trinajstić information content (AvgIpc) is 2.97. The van der Waals surface area contributed by atoms with Gasteiger partial charge >= 0.3 is 12.1 Å². The lowest BCUT2D eigenvalue weighted by Gasteiger charge is -2.31. The van der Waals surface area contributed by atoms with Crippen molar-refractivity contribution in [3.05, 3.63) is 0 Å². The fourth-order valence-corrected chi connectivity index (χ4v) is 3.35. The first kappa shape index (κ1) is 16.7. The van der Waals surface area contributed by atoms with Crippen LogP contribution in [0.5, 0.6) is 0 Å². The van der Waals surface area contributed by atoms with Crippen molar-refractivity contribution in [2.24, 2.45) is 11.8 Å². The highest BCUT2D eigenvalue weighted by Gasteiger charge is 2.46. The first-order valence-electron chi connectivity index (χ1n) is 8.13. The third kappa shape index (κ3) is 3.94. The molecule has 3 atom stereocenters. The van der Waals surface area contributed by atoms with Crippen LogP contribution in [0.1, 0.15) is 58.3 Å². The van der Waals surface area contributed by atoms with Crippen LogP contribution in [0.15, 0.2) is 0 Å². The summed E-state index contributed by atoms with van der Waals surface area (Å²) in [5.74, 6) is 1.96. The van der Waals surface area contributed by atoms with Gasteiger partial charge in [0.2, 0.25) is 0 Å². The van der Waals surface area contributed by atoms with E-state index in [4.69, 9.17) is 11.2 Å². The highest BCUT2D eigenvalue weighted by Crippen LogP contribution is 2.39. The maximum atomic E-state index is 12.0. The molecule has 0 aromatic carbocycles. The minimum atomic E-state index is -1.23. The number of rotatable bonds is 7. The summed E-state index contributed by atoms with van der Waals surface area (Å²) >= 11 is 0. The van der Waals surface area contributed by atoms with Crippen LogP contribution >= 0.6 is 0 Å². The number of alkyl carbamates (subject to hydrolysis) is 1. The molecule has 0 bridgehead atoms. The molecule has 0 heterocycles. The van der Waals surface area contributed by atoms with E-state index in [-0.39, 0.29) is 12.0 Å². The normalized spacial score (nSPS) is 26.7. The van der Waals surface area contributed by atoms with Crippen molar-refractivity contribution >= 4 is 12.1 Å². The van der Waals surface area contributed by atoms with Crippen LogP contribution in [0.25, 0.3) is 0 Å². The lowest BCUT2D eigenvalue weighted by Crippen LogP contribution is -2.56. The lowest BCUT2D eigenvalue weighted by atomic mass is 9.84. The van der Waals surface area contributed by atoms with Gasteiger partial charge in [-0.2, -0.15) is 0 Å². The van der Waals surface area contributed by atoms with E-state index in [1.165, 1.54) is 0 Å². The Morgan fingerprint density at radius 1 is 1.41 bits per heavy atom. The fourth-order valence-electron chi connectivity index (χ4n) is 3.35. The van der Waals surface area contributed by atoms with E-state index in [1.807, 2.05) is 0 Å². The summed E-state index contributed by atoms with van der Waals surface area (Å²) < 4.78 is 5.35. The third-order valence-electron chi connectivity index (χ3n) is 4.99. The van der Waals surface area contributed by atoms with Gasteiger partial charge in [0.15, 0.2) is 0 Å². The van der Waals surface area contributed by atoms with Gasteiger partial charge in [0, 0.05) is 6.42 Å². The molecular formula is C17H25NO4. The molecule has 2 N–H and O–H groups in total. The van der Waals surface area contributed by atoms with Gasteiger partial charge < -0.3 is 15.2 Å². The van der Waals surface area contributed by atoms with Crippen LogP contribution in [0.4, 0.5) is 4.79 Å². The molecule has 0 aliphatic heterocycles. The van der Waals surface area contributed by atoms with Gasteiger partial charge in [-0.05, 0) is 50.9 Å². The number of carbonyl (C=O) groups excluding carboxylic acids is 1. The van der Waals surface area contributed by atoms with Crippen molar-refractivity contribution in [3.63, 3.8) is 0 Å². The van der Waals surface area contributed by atoms with Gasteiger partial charge in [-0.15, -0.1) is 12.3 Å². The van der Waals surface area contributed by atoms with Crippen molar-refractivity contribution in [3.8, 4) is 12.3 Å². The summed E-state index contributed by atoms with van der Waals surface area (Å²) in [5, 5.41) is 12.1. The van der Waals surface area contributed by atoms with E-state index < -0.39 is 17.6 Å². The molecule has 2 aliphatic rings. The van der Waals surface area contributed by atoms with Crippen LogP contribution in [0.3, 0.4) is 0 Å². The van der Waals surface area contributed by atoms with Gasteiger partial charge in [0.1, 0.15) is 11.6 Å². The number of hydrogen-bond donors (Lipinski definition) is 2. The summed E-state index contributed by atoms with van der Waals surface area (Å²) in [7, 11) is 0. The van der Waals surface area contributed by atoms with E-state index in [2.05, 4.69) is 11.2 Å². The standard InChI is InChI=1S/C17H25NO4/c1-3-4-5-8-12-11-14(12)22-16(21)18-17(2,15(19)20)13-9-6-7-10-13/h1,12-14H,4-11H2,2H3,(H,18,21)(H,19,20)/t12-,14-,17+/m1/s1. The summed E-state index contributed by atoms with van der Waals surface area (Å²) in [6.45, 7) is 1.59. The average molecular weight is 307 g/mol. The largest absolute Gasteiger partial charge is 0.480 e. The van der Waals surface area contributed by atoms with Crippen molar-refractivity contribution in [1.29, 1.82) is 0 Å². The van der Waals surface area contributed by atoms with E-state index in [0.717, 1.165) is 51.4 Å². The summed E-state index contributed by atoms with van der Waals surface area (Å²) in [4.78, 5) is 23.6. The molecule has 2 saturated carbocycles. The molecule has 0 unspecified atom stereocenters. The van der Waals surface area contributed by atoms with Crippen LogP contribution in [-0.4, -0.2) is 28.8 Å². The minimum Gasteiger partial charge on any atom is -0.480 e. The molecule has 2 rings (SSSR count). The molecular weight excluding hydrogens is 282 g/mol. The number of nitrogens with one attached hydrogen (secondary N) is 1. The van der Waals surface area contributed by atoms with Gasteiger partial charge in [0.25, 0.3) is 0 Å². The Labute approximate surface area is 131 Å². The predicted molar refractivity (Wildman–Crippen MR) is 82.2 cm³/mol. The number of terminal acetylenes is 1. The monoisotopic (exact) mass is 307 g/mol. The van der Waals surface area contributed by atoms with Crippen LogP contribution in [0, 0.1) is 24.2 Å². The summed E-state index contributed by atoms with van der Waals surface area (Å²) in [6.07, 6.45) is 11.7. The Hall–Kier alpha value is -1.70. The molecule has 2 fully saturated rings. The van der Waals surface area contributed by atoms with Crippen LogP contribution in [-0.2, 0) is 9.53 Å². The van der Waals surface area contributed by atoms with E-state index in [9.17, 15) is 14.7 Å². The van der Waals surface area contributed by atoms with Crippen LogP contribution in [0.2, 0.25) is 0 Å².